The molecule has 1 N–H and O–H groups in total. The summed E-state index contributed by atoms with van der Waals surface area (Å²) < 4.78 is 5.55. The van der Waals surface area contributed by atoms with E-state index in [1.54, 1.807) is 12.3 Å². The van der Waals surface area contributed by atoms with Crippen LogP contribution < -0.4 is 5.32 Å². The lowest BCUT2D eigenvalue weighted by Gasteiger charge is -2.59. The Hall–Kier alpha value is -2.40. The molecular formula is C19H21N3O2. The number of likely N-dealkylation sites (tertiary alicyclic amines) is 1. The lowest BCUT2D eigenvalue weighted by molar-refractivity contribution is -0.109. The van der Waals surface area contributed by atoms with Crippen molar-refractivity contribution in [2.24, 2.45) is 5.41 Å². The van der Waals surface area contributed by atoms with Crippen LogP contribution in [0, 0.1) is 5.41 Å². The van der Waals surface area contributed by atoms with E-state index >= 15 is 0 Å². The number of pyridine rings is 1. The summed E-state index contributed by atoms with van der Waals surface area (Å²) in [5, 5.41) is 2.91. The van der Waals surface area contributed by atoms with Crippen molar-refractivity contribution in [1.82, 2.24) is 9.88 Å². The Morgan fingerprint density at radius 2 is 1.88 bits per heavy atom. The first-order chi connectivity index (χ1) is 11.8. The highest BCUT2D eigenvalue weighted by Gasteiger charge is 2.55. The van der Waals surface area contributed by atoms with Crippen LogP contribution in [0.1, 0.15) is 24.4 Å². The number of anilines is 1. The van der Waals surface area contributed by atoms with Gasteiger partial charge in [0.25, 0.3) is 0 Å². The minimum atomic E-state index is -0.0836. The molecule has 4 rings (SSSR count). The fraction of sp³-hybridized carbons (Fsp3) is 0.368. The second-order valence-electron chi connectivity index (χ2n) is 6.56. The highest BCUT2D eigenvalue weighted by Crippen LogP contribution is 2.54. The molecule has 2 amide bonds. The van der Waals surface area contributed by atoms with Gasteiger partial charge in [-0.25, -0.2) is 9.78 Å². The number of carbonyl (C=O) groups excluding carboxylic acids is 1. The van der Waals surface area contributed by atoms with Gasteiger partial charge in [0.05, 0.1) is 6.04 Å². The first-order valence-electron chi connectivity index (χ1n) is 8.40. The summed E-state index contributed by atoms with van der Waals surface area (Å²) in [6, 6.07) is 15.8. The number of nitrogens with one attached hydrogen (secondary N) is 1. The van der Waals surface area contributed by atoms with Gasteiger partial charge >= 0.3 is 6.03 Å². The third kappa shape index (κ3) is 2.65. The summed E-state index contributed by atoms with van der Waals surface area (Å²) in [6.45, 7) is 2.33. The van der Waals surface area contributed by atoms with E-state index in [0.29, 0.717) is 5.82 Å². The Morgan fingerprint density at radius 1 is 1.12 bits per heavy atom. The molecule has 5 heteroatoms. The number of nitrogens with zero attached hydrogens (tertiary/aromatic N) is 2. The van der Waals surface area contributed by atoms with Crippen molar-refractivity contribution < 1.29 is 9.53 Å². The van der Waals surface area contributed by atoms with Crippen molar-refractivity contribution in [3.05, 3.63) is 60.3 Å². The van der Waals surface area contributed by atoms with Crippen LogP contribution in [0.5, 0.6) is 0 Å². The van der Waals surface area contributed by atoms with Crippen molar-refractivity contribution >= 4 is 11.8 Å². The van der Waals surface area contributed by atoms with Gasteiger partial charge in [-0.3, -0.25) is 5.32 Å². The first kappa shape index (κ1) is 15.1. The van der Waals surface area contributed by atoms with Crippen LogP contribution in [0.15, 0.2) is 54.7 Å². The summed E-state index contributed by atoms with van der Waals surface area (Å²) in [5.41, 5.74) is 1.34. The molecule has 1 spiro atoms. The van der Waals surface area contributed by atoms with E-state index in [4.69, 9.17) is 4.74 Å². The number of rotatable bonds is 2. The molecule has 1 atom stereocenters. The Labute approximate surface area is 141 Å². The van der Waals surface area contributed by atoms with Gasteiger partial charge in [0.15, 0.2) is 0 Å². The number of hydrogen-bond acceptors (Lipinski definition) is 3. The Balaban J connectivity index is 1.57. The standard InChI is InChI=1S/C19H21N3O2/c23-18(21-16-8-4-5-11-20-16)22-14-19(9-12-24-13-10-19)17(22)15-6-2-1-3-7-15/h1-8,11,17H,9-10,12-14H2,(H,20,21,23). The predicted octanol–water partition coefficient (Wildman–Crippen LogP) is 3.47. The van der Waals surface area contributed by atoms with Crippen LogP contribution in [0.3, 0.4) is 0 Å². The molecular weight excluding hydrogens is 302 g/mol. The molecule has 2 aliphatic rings. The number of ether oxygens (including phenoxy) is 1. The molecule has 24 heavy (non-hydrogen) atoms. The number of urea groups is 1. The second-order valence-corrected chi connectivity index (χ2v) is 6.56. The predicted molar refractivity (Wildman–Crippen MR) is 91.6 cm³/mol. The van der Waals surface area contributed by atoms with Gasteiger partial charge < -0.3 is 9.64 Å². The molecule has 0 radical (unpaired) electrons. The molecule has 2 aliphatic heterocycles. The van der Waals surface area contributed by atoms with Crippen molar-refractivity contribution in [3.8, 4) is 0 Å². The average Bonchev–Trinajstić information content (AvgIpc) is 2.62. The normalized spacial score (nSPS) is 22.0. The number of carbonyl (C=O) groups is 1. The van der Waals surface area contributed by atoms with E-state index in [-0.39, 0.29) is 17.5 Å². The number of benzene rings is 1. The van der Waals surface area contributed by atoms with Gasteiger partial charge in [0.2, 0.25) is 0 Å². The lowest BCUT2D eigenvalue weighted by atomic mass is 9.64. The lowest BCUT2D eigenvalue weighted by Crippen LogP contribution is -2.63. The van der Waals surface area contributed by atoms with Gasteiger partial charge in [-0.05, 0) is 30.5 Å². The van der Waals surface area contributed by atoms with Crippen molar-refractivity contribution in [2.45, 2.75) is 18.9 Å². The number of hydrogen-bond donors (Lipinski definition) is 1. The molecule has 2 fully saturated rings. The molecule has 1 unspecified atom stereocenters. The van der Waals surface area contributed by atoms with E-state index in [0.717, 1.165) is 32.6 Å². The molecule has 0 saturated carbocycles. The fourth-order valence-electron chi connectivity index (χ4n) is 3.92. The van der Waals surface area contributed by atoms with Gasteiger partial charge in [-0.1, -0.05) is 36.4 Å². The second kappa shape index (κ2) is 6.24. The van der Waals surface area contributed by atoms with E-state index in [1.807, 2.05) is 35.2 Å². The maximum atomic E-state index is 12.7. The first-order valence-corrected chi connectivity index (χ1v) is 8.40. The summed E-state index contributed by atoms with van der Waals surface area (Å²) >= 11 is 0. The molecule has 0 bridgehead atoms. The monoisotopic (exact) mass is 323 g/mol. The molecule has 5 nitrogen and oxygen atoms in total. The third-order valence-corrected chi connectivity index (χ3v) is 5.14. The minimum absolute atomic E-state index is 0.0836. The topological polar surface area (TPSA) is 54.5 Å². The van der Waals surface area contributed by atoms with E-state index < -0.39 is 0 Å². The van der Waals surface area contributed by atoms with Crippen LogP contribution in [0.25, 0.3) is 0 Å². The zero-order chi connectivity index (χ0) is 16.4. The van der Waals surface area contributed by atoms with Crippen molar-refractivity contribution in [1.29, 1.82) is 0 Å². The van der Waals surface area contributed by atoms with Gasteiger partial charge in [0, 0.05) is 31.4 Å². The molecule has 3 heterocycles. The van der Waals surface area contributed by atoms with E-state index in [1.165, 1.54) is 5.56 Å². The van der Waals surface area contributed by atoms with Crippen LogP contribution >= 0.6 is 0 Å². The Bertz CT molecular complexity index is 699. The van der Waals surface area contributed by atoms with Crippen LogP contribution in [-0.2, 0) is 4.74 Å². The van der Waals surface area contributed by atoms with Crippen LogP contribution in [0.2, 0.25) is 0 Å². The average molecular weight is 323 g/mol. The quantitative estimate of drug-likeness (QED) is 0.921. The van der Waals surface area contributed by atoms with Crippen molar-refractivity contribution in [2.75, 3.05) is 25.1 Å². The van der Waals surface area contributed by atoms with Crippen LogP contribution in [-0.4, -0.2) is 35.7 Å². The van der Waals surface area contributed by atoms with Gasteiger partial charge in [-0.15, -0.1) is 0 Å². The Morgan fingerprint density at radius 3 is 2.58 bits per heavy atom. The van der Waals surface area contributed by atoms with Gasteiger partial charge in [0.1, 0.15) is 5.82 Å². The van der Waals surface area contributed by atoms with Crippen LogP contribution in [0.4, 0.5) is 10.6 Å². The minimum Gasteiger partial charge on any atom is -0.381 e. The molecule has 0 aliphatic carbocycles. The molecule has 124 valence electrons. The number of aromatic nitrogens is 1. The third-order valence-electron chi connectivity index (χ3n) is 5.14. The van der Waals surface area contributed by atoms with E-state index in [2.05, 4.69) is 22.4 Å². The van der Waals surface area contributed by atoms with Crippen molar-refractivity contribution in [3.63, 3.8) is 0 Å². The zero-order valence-corrected chi connectivity index (χ0v) is 13.5. The molecule has 1 aromatic carbocycles. The maximum Gasteiger partial charge on any atom is 0.323 e. The fourth-order valence-corrected chi connectivity index (χ4v) is 3.92. The van der Waals surface area contributed by atoms with Gasteiger partial charge in [-0.2, -0.15) is 0 Å². The summed E-state index contributed by atoms with van der Waals surface area (Å²) in [5.74, 6) is 0.585. The zero-order valence-electron chi connectivity index (χ0n) is 13.5. The smallest absolute Gasteiger partial charge is 0.323 e. The highest BCUT2D eigenvalue weighted by atomic mass is 16.5. The highest BCUT2D eigenvalue weighted by molar-refractivity contribution is 5.89. The number of amides is 2. The summed E-state index contributed by atoms with van der Waals surface area (Å²) in [4.78, 5) is 18.9. The Kier molecular flexibility index (Phi) is 3.94. The molecule has 2 aromatic rings. The largest absolute Gasteiger partial charge is 0.381 e. The molecule has 2 saturated heterocycles. The maximum absolute atomic E-state index is 12.7. The SMILES string of the molecule is O=C(Nc1ccccn1)N1CC2(CCOCC2)C1c1ccccc1. The van der Waals surface area contributed by atoms with E-state index in [9.17, 15) is 4.79 Å². The summed E-state index contributed by atoms with van der Waals surface area (Å²) in [6.07, 6.45) is 3.68. The summed E-state index contributed by atoms with van der Waals surface area (Å²) in [7, 11) is 0. The molecule has 1 aromatic heterocycles.